The van der Waals surface area contributed by atoms with E-state index in [2.05, 4.69) is 85.3 Å². The van der Waals surface area contributed by atoms with Gasteiger partial charge in [0.25, 0.3) is 0 Å². The molecule has 0 aliphatic rings. The molecule has 20 heavy (non-hydrogen) atoms. The molecule has 0 saturated heterocycles. The molecule has 0 bridgehead atoms. The van der Waals surface area contributed by atoms with Gasteiger partial charge < -0.3 is 5.32 Å². The largest absolute Gasteiger partial charge is 0.377 e. The normalized spacial score (nSPS) is 12.2. The number of hydrogen-bond donors (Lipinski definition) is 1. The summed E-state index contributed by atoms with van der Waals surface area (Å²) in [6.07, 6.45) is 1.09. The molecular formula is C18H22BrN. The maximum absolute atomic E-state index is 3.66. The predicted octanol–water partition coefficient (Wildman–Crippen LogP) is 5.80. The van der Waals surface area contributed by atoms with Crippen LogP contribution in [0.4, 0.5) is 5.69 Å². The lowest BCUT2D eigenvalue weighted by molar-refractivity contribution is 0.879. The van der Waals surface area contributed by atoms with Crippen molar-refractivity contribution in [3.63, 3.8) is 0 Å². The van der Waals surface area contributed by atoms with Crippen LogP contribution in [0.15, 0.2) is 40.9 Å². The van der Waals surface area contributed by atoms with E-state index >= 15 is 0 Å². The lowest BCUT2D eigenvalue weighted by Crippen LogP contribution is -2.08. The van der Waals surface area contributed by atoms with Crippen molar-refractivity contribution in [2.45, 2.75) is 40.2 Å². The Kier molecular flexibility index (Phi) is 4.87. The third-order valence-electron chi connectivity index (χ3n) is 3.68. The lowest BCUT2D eigenvalue weighted by atomic mass is 10.0. The third-order valence-corrected chi connectivity index (χ3v) is 4.31. The van der Waals surface area contributed by atoms with Crippen molar-refractivity contribution >= 4 is 21.6 Å². The first-order valence-electron chi connectivity index (χ1n) is 7.13. The first-order valence-corrected chi connectivity index (χ1v) is 7.92. The molecule has 1 N–H and O–H groups in total. The summed E-state index contributed by atoms with van der Waals surface area (Å²) in [7, 11) is 0. The van der Waals surface area contributed by atoms with Crippen LogP contribution < -0.4 is 5.32 Å². The van der Waals surface area contributed by atoms with Crippen molar-refractivity contribution in [1.82, 2.24) is 0 Å². The summed E-state index contributed by atoms with van der Waals surface area (Å²) >= 11 is 3.66. The number of anilines is 1. The minimum Gasteiger partial charge on any atom is -0.377 e. The summed E-state index contributed by atoms with van der Waals surface area (Å²) in [5.74, 6) is 0. The number of benzene rings is 2. The molecule has 2 rings (SSSR count). The van der Waals surface area contributed by atoms with Crippen LogP contribution in [-0.2, 0) is 6.42 Å². The van der Waals surface area contributed by atoms with Gasteiger partial charge in [0.1, 0.15) is 0 Å². The van der Waals surface area contributed by atoms with Gasteiger partial charge in [0.2, 0.25) is 0 Å². The lowest BCUT2D eigenvalue weighted by Gasteiger charge is -2.19. The molecule has 1 unspecified atom stereocenters. The van der Waals surface area contributed by atoms with Gasteiger partial charge in [-0.15, -0.1) is 0 Å². The first-order chi connectivity index (χ1) is 9.51. The monoisotopic (exact) mass is 331 g/mol. The maximum Gasteiger partial charge on any atom is 0.0519 e. The van der Waals surface area contributed by atoms with E-state index in [-0.39, 0.29) is 0 Å². The average molecular weight is 332 g/mol. The van der Waals surface area contributed by atoms with Crippen LogP contribution in [0.3, 0.4) is 0 Å². The second kappa shape index (κ2) is 6.45. The predicted molar refractivity (Wildman–Crippen MR) is 91.5 cm³/mol. The molecule has 0 aliphatic carbocycles. The smallest absolute Gasteiger partial charge is 0.0519 e. The second-order valence-electron chi connectivity index (χ2n) is 5.40. The SMILES string of the molecule is CCc1ccc(C(C)Nc2c(C)cc(C)cc2Br)cc1. The zero-order chi connectivity index (χ0) is 14.7. The van der Waals surface area contributed by atoms with Crippen LogP contribution in [0.2, 0.25) is 0 Å². The first kappa shape index (κ1) is 15.1. The number of hydrogen-bond acceptors (Lipinski definition) is 1. The molecule has 0 aromatic heterocycles. The Morgan fingerprint density at radius 1 is 1.10 bits per heavy atom. The molecule has 0 fully saturated rings. The van der Waals surface area contributed by atoms with Gasteiger partial charge in [-0.25, -0.2) is 0 Å². The summed E-state index contributed by atoms with van der Waals surface area (Å²) in [6.45, 7) is 8.65. The zero-order valence-corrected chi connectivity index (χ0v) is 14.2. The second-order valence-corrected chi connectivity index (χ2v) is 6.25. The van der Waals surface area contributed by atoms with E-state index in [1.165, 1.54) is 27.9 Å². The Bertz CT molecular complexity index is 564. The highest BCUT2D eigenvalue weighted by Crippen LogP contribution is 2.31. The van der Waals surface area contributed by atoms with E-state index in [1.54, 1.807) is 0 Å². The molecule has 2 aromatic rings. The third kappa shape index (κ3) is 3.43. The average Bonchev–Trinajstić information content (AvgIpc) is 2.42. The minimum atomic E-state index is 0.290. The summed E-state index contributed by atoms with van der Waals surface area (Å²) in [4.78, 5) is 0. The van der Waals surface area contributed by atoms with Gasteiger partial charge in [-0.2, -0.15) is 0 Å². The van der Waals surface area contributed by atoms with Crippen molar-refractivity contribution in [3.05, 3.63) is 63.1 Å². The van der Waals surface area contributed by atoms with Crippen molar-refractivity contribution in [1.29, 1.82) is 0 Å². The highest BCUT2D eigenvalue weighted by Gasteiger charge is 2.10. The summed E-state index contributed by atoms with van der Waals surface area (Å²) in [6, 6.07) is 13.5. The van der Waals surface area contributed by atoms with Crippen molar-refractivity contribution in [2.75, 3.05) is 5.32 Å². The molecule has 1 nitrogen and oxygen atoms in total. The molecule has 0 saturated carbocycles. The van der Waals surface area contributed by atoms with Crippen LogP contribution in [0.25, 0.3) is 0 Å². The topological polar surface area (TPSA) is 12.0 Å². The molecule has 2 heteroatoms. The van der Waals surface area contributed by atoms with E-state index in [9.17, 15) is 0 Å². The molecule has 0 amide bonds. The number of nitrogens with one attached hydrogen (secondary N) is 1. The summed E-state index contributed by atoms with van der Waals surface area (Å²) < 4.78 is 1.13. The van der Waals surface area contributed by atoms with Gasteiger partial charge in [0.05, 0.1) is 5.69 Å². The van der Waals surface area contributed by atoms with Gasteiger partial charge >= 0.3 is 0 Å². The summed E-state index contributed by atoms with van der Waals surface area (Å²) in [5.41, 5.74) is 6.43. The quantitative estimate of drug-likeness (QED) is 0.746. The van der Waals surface area contributed by atoms with Crippen LogP contribution in [0.1, 0.15) is 42.1 Å². The number of halogens is 1. The van der Waals surface area contributed by atoms with Gasteiger partial charge in [0.15, 0.2) is 0 Å². The Balaban J connectivity index is 2.20. The van der Waals surface area contributed by atoms with Gasteiger partial charge in [-0.05, 0) is 71.4 Å². The van der Waals surface area contributed by atoms with E-state index in [4.69, 9.17) is 0 Å². The van der Waals surface area contributed by atoms with Crippen LogP contribution >= 0.6 is 15.9 Å². The van der Waals surface area contributed by atoms with E-state index in [0.717, 1.165) is 10.9 Å². The molecule has 0 radical (unpaired) electrons. The minimum absolute atomic E-state index is 0.290. The molecule has 0 spiro atoms. The number of rotatable bonds is 4. The molecule has 2 aromatic carbocycles. The Hall–Kier alpha value is -1.28. The van der Waals surface area contributed by atoms with Gasteiger partial charge in [0, 0.05) is 10.5 Å². The molecule has 0 heterocycles. The van der Waals surface area contributed by atoms with Crippen LogP contribution in [0.5, 0.6) is 0 Å². The van der Waals surface area contributed by atoms with Crippen molar-refractivity contribution < 1.29 is 0 Å². The van der Waals surface area contributed by atoms with Gasteiger partial charge in [-0.3, -0.25) is 0 Å². The van der Waals surface area contributed by atoms with Gasteiger partial charge in [-0.1, -0.05) is 37.3 Å². The van der Waals surface area contributed by atoms with E-state index in [1.807, 2.05) is 0 Å². The Morgan fingerprint density at radius 3 is 2.30 bits per heavy atom. The fourth-order valence-electron chi connectivity index (χ4n) is 2.44. The molecular weight excluding hydrogens is 310 g/mol. The fraction of sp³-hybridized carbons (Fsp3) is 0.333. The molecule has 1 atom stereocenters. The summed E-state index contributed by atoms with van der Waals surface area (Å²) in [5, 5.41) is 3.61. The van der Waals surface area contributed by atoms with Crippen molar-refractivity contribution in [3.8, 4) is 0 Å². The number of aryl methyl sites for hydroxylation is 3. The maximum atomic E-state index is 3.66. The standard InChI is InChI=1S/C18H22BrN/c1-5-15-6-8-16(9-7-15)14(4)20-18-13(3)10-12(2)11-17(18)19/h6-11,14,20H,5H2,1-4H3. The Morgan fingerprint density at radius 2 is 1.75 bits per heavy atom. The van der Waals surface area contributed by atoms with Crippen LogP contribution in [0, 0.1) is 13.8 Å². The molecule has 0 aliphatic heterocycles. The fourth-order valence-corrected chi connectivity index (χ4v) is 3.23. The highest BCUT2D eigenvalue weighted by atomic mass is 79.9. The highest BCUT2D eigenvalue weighted by molar-refractivity contribution is 9.10. The Labute approximate surface area is 130 Å². The zero-order valence-electron chi connectivity index (χ0n) is 12.6. The van der Waals surface area contributed by atoms with E-state index < -0.39 is 0 Å². The van der Waals surface area contributed by atoms with E-state index in [0.29, 0.717) is 6.04 Å². The van der Waals surface area contributed by atoms with Crippen molar-refractivity contribution in [2.24, 2.45) is 0 Å². The van der Waals surface area contributed by atoms with Crippen LogP contribution in [-0.4, -0.2) is 0 Å². The molecule has 106 valence electrons.